The molecule has 0 aliphatic heterocycles. The molecule has 0 unspecified atom stereocenters. The highest BCUT2D eigenvalue weighted by atomic mass is 15.3. The first kappa shape index (κ1) is 10.8. The predicted molar refractivity (Wildman–Crippen MR) is 65.7 cm³/mol. The fourth-order valence-electron chi connectivity index (χ4n) is 3.36. The van der Waals surface area contributed by atoms with Crippen LogP contribution in [0.1, 0.15) is 67.9 Å². The second-order valence-corrected chi connectivity index (χ2v) is 5.33. The van der Waals surface area contributed by atoms with Gasteiger partial charge in [0.25, 0.3) is 0 Å². The molecule has 1 heterocycles. The van der Waals surface area contributed by atoms with Crippen LogP contribution in [-0.2, 0) is 12.8 Å². The summed E-state index contributed by atoms with van der Waals surface area (Å²) < 4.78 is 2.21. The summed E-state index contributed by atoms with van der Waals surface area (Å²) in [6.07, 6.45) is 11.3. The number of nitriles is 1. The van der Waals surface area contributed by atoms with Crippen molar-refractivity contribution in [1.29, 1.82) is 5.26 Å². The molecule has 2 aliphatic rings. The van der Waals surface area contributed by atoms with Gasteiger partial charge in [0.05, 0.1) is 6.04 Å². The van der Waals surface area contributed by atoms with Gasteiger partial charge in [-0.1, -0.05) is 25.7 Å². The lowest BCUT2D eigenvalue weighted by Gasteiger charge is -2.17. The summed E-state index contributed by atoms with van der Waals surface area (Å²) in [4.78, 5) is 0. The van der Waals surface area contributed by atoms with Crippen molar-refractivity contribution in [3.05, 3.63) is 17.0 Å². The molecule has 3 heteroatoms. The molecule has 0 N–H and O–H groups in total. The number of hydrogen-bond acceptors (Lipinski definition) is 2. The summed E-state index contributed by atoms with van der Waals surface area (Å²) in [7, 11) is 0. The third kappa shape index (κ3) is 1.86. The Kier molecular flexibility index (Phi) is 2.88. The average molecular weight is 229 g/mol. The maximum absolute atomic E-state index is 9.14. The van der Waals surface area contributed by atoms with E-state index in [-0.39, 0.29) is 0 Å². The summed E-state index contributed by atoms with van der Waals surface area (Å²) >= 11 is 0. The quantitative estimate of drug-likeness (QED) is 0.694. The topological polar surface area (TPSA) is 41.6 Å². The Labute approximate surface area is 102 Å². The van der Waals surface area contributed by atoms with Crippen molar-refractivity contribution < 1.29 is 0 Å². The van der Waals surface area contributed by atoms with Crippen LogP contribution in [0.3, 0.4) is 0 Å². The Bertz CT molecular complexity index is 445. The van der Waals surface area contributed by atoms with Crippen LogP contribution >= 0.6 is 0 Å². The van der Waals surface area contributed by atoms with Crippen LogP contribution in [-0.4, -0.2) is 9.78 Å². The highest BCUT2D eigenvalue weighted by Crippen LogP contribution is 2.32. The minimum Gasteiger partial charge on any atom is -0.265 e. The van der Waals surface area contributed by atoms with Crippen molar-refractivity contribution in [2.45, 2.75) is 63.8 Å². The van der Waals surface area contributed by atoms with Crippen LogP contribution in [0.15, 0.2) is 0 Å². The molecule has 2 aliphatic carbocycles. The van der Waals surface area contributed by atoms with E-state index in [0.29, 0.717) is 11.7 Å². The van der Waals surface area contributed by atoms with Crippen molar-refractivity contribution in [2.24, 2.45) is 0 Å². The smallest absolute Gasteiger partial charge is 0.165 e. The first-order valence-electron chi connectivity index (χ1n) is 6.90. The molecule has 0 spiro atoms. The molecule has 17 heavy (non-hydrogen) atoms. The Morgan fingerprint density at radius 2 is 1.82 bits per heavy atom. The second-order valence-electron chi connectivity index (χ2n) is 5.33. The Balaban J connectivity index is 1.94. The van der Waals surface area contributed by atoms with Gasteiger partial charge < -0.3 is 0 Å². The van der Waals surface area contributed by atoms with Crippen LogP contribution in [0.2, 0.25) is 0 Å². The van der Waals surface area contributed by atoms with Gasteiger partial charge in [0.1, 0.15) is 6.07 Å². The van der Waals surface area contributed by atoms with Crippen LogP contribution in [0.25, 0.3) is 0 Å². The molecule has 0 atom stereocenters. The van der Waals surface area contributed by atoms with Crippen molar-refractivity contribution in [3.63, 3.8) is 0 Å². The minimum absolute atomic E-state index is 0.562. The molecule has 3 rings (SSSR count). The second kappa shape index (κ2) is 4.52. The third-order valence-corrected chi connectivity index (χ3v) is 4.24. The summed E-state index contributed by atoms with van der Waals surface area (Å²) in [6.45, 7) is 0. The van der Waals surface area contributed by atoms with E-state index in [4.69, 9.17) is 5.26 Å². The van der Waals surface area contributed by atoms with Gasteiger partial charge in [-0.25, -0.2) is 0 Å². The molecule has 1 aromatic rings. The standard InChI is InChI=1S/C14H19N3/c15-10-13-12-8-5-9-14(12)17(16-13)11-6-3-1-2-4-7-11/h11H,1-9H2. The fourth-order valence-corrected chi connectivity index (χ4v) is 3.36. The first-order chi connectivity index (χ1) is 8.40. The molecule has 1 aromatic heterocycles. The van der Waals surface area contributed by atoms with Crippen LogP contribution in [0.5, 0.6) is 0 Å². The third-order valence-electron chi connectivity index (χ3n) is 4.24. The molecule has 1 fully saturated rings. The van der Waals surface area contributed by atoms with Gasteiger partial charge in [-0.3, -0.25) is 4.68 Å². The van der Waals surface area contributed by atoms with Gasteiger partial charge in [0, 0.05) is 11.3 Å². The van der Waals surface area contributed by atoms with E-state index in [2.05, 4.69) is 15.8 Å². The lowest BCUT2D eigenvalue weighted by Crippen LogP contribution is -2.12. The summed E-state index contributed by atoms with van der Waals surface area (Å²) in [5.74, 6) is 0. The van der Waals surface area contributed by atoms with Crippen LogP contribution in [0.4, 0.5) is 0 Å². The summed E-state index contributed by atoms with van der Waals surface area (Å²) in [5.41, 5.74) is 3.31. The van der Waals surface area contributed by atoms with E-state index in [1.54, 1.807) is 0 Å². The average Bonchev–Trinajstić information content (AvgIpc) is 2.83. The monoisotopic (exact) mass is 229 g/mol. The Morgan fingerprint density at radius 3 is 2.53 bits per heavy atom. The SMILES string of the molecule is N#Cc1nn(C2CCCCCC2)c2c1CCC2. The van der Waals surface area contributed by atoms with Crippen molar-refractivity contribution >= 4 is 0 Å². The van der Waals surface area contributed by atoms with E-state index in [1.807, 2.05) is 0 Å². The van der Waals surface area contributed by atoms with Gasteiger partial charge in [0.2, 0.25) is 0 Å². The molecule has 0 amide bonds. The van der Waals surface area contributed by atoms with E-state index < -0.39 is 0 Å². The van der Waals surface area contributed by atoms with Crippen LogP contribution < -0.4 is 0 Å². The largest absolute Gasteiger partial charge is 0.265 e. The van der Waals surface area contributed by atoms with Crippen molar-refractivity contribution in [3.8, 4) is 6.07 Å². The predicted octanol–water partition coefficient (Wildman–Crippen LogP) is 3.14. The number of aromatic nitrogens is 2. The molecule has 3 nitrogen and oxygen atoms in total. The molecule has 0 saturated heterocycles. The van der Waals surface area contributed by atoms with Gasteiger partial charge in [-0.2, -0.15) is 10.4 Å². The number of hydrogen-bond donors (Lipinski definition) is 0. The minimum atomic E-state index is 0.562. The van der Waals surface area contributed by atoms with Crippen LogP contribution in [0, 0.1) is 11.3 Å². The zero-order valence-electron chi connectivity index (χ0n) is 10.3. The fraction of sp³-hybridized carbons (Fsp3) is 0.714. The molecular weight excluding hydrogens is 210 g/mol. The molecular formula is C14H19N3. The maximum Gasteiger partial charge on any atom is 0.165 e. The van der Waals surface area contributed by atoms with Gasteiger partial charge in [0.15, 0.2) is 5.69 Å². The maximum atomic E-state index is 9.14. The van der Waals surface area contributed by atoms with E-state index >= 15 is 0 Å². The molecule has 90 valence electrons. The zero-order valence-corrected chi connectivity index (χ0v) is 10.3. The Morgan fingerprint density at radius 1 is 1.06 bits per heavy atom. The van der Waals surface area contributed by atoms with Gasteiger partial charge in [-0.15, -0.1) is 0 Å². The summed E-state index contributed by atoms with van der Waals surface area (Å²) in [6, 6.07) is 2.83. The number of nitrogens with zero attached hydrogens (tertiary/aromatic N) is 3. The normalized spacial score (nSPS) is 20.9. The van der Waals surface area contributed by atoms with Gasteiger partial charge >= 0.3 is 0 Å². The van der Waals surface area contributed by atoms with Crippen molar-refractivity contribution in [2.75, 3.05) is 0 Å². The zero-order chi connectivity index (χ0) is 11.7. The lowest BCUT2D eigenvalue weighted by atomic mass is 10.1. The van der Waals surface area contributed by atoms with E-state index in [1.165, 1.54) is 56.2 Å². The first-order valence-corrected chi connectivity index (χ1v) is 6.90. The van der Waals surface area contributed by atoms with E-state index in [9.17, 15) is 0 Å². The molecule has 0 bridgehead atoms. The molecule has 1 saturated carbocycles. The van der Waals surface area contributed by atoms with E-state index in [0.717, 1.165) is 12.8 Å². The lowest BCUT2D eigenvalue weighted by molar-refractivity contribution is 0.393. The summed E-state index contributed by atoms with van der Waals surface area (Å²) in [5, 5.41) is 13.7. The Hall–Kier alpha value is -1.30. The van der Waals surface area contributed by atoms with Crippen molar-refractivity contribution in [1.82, 2.24) is 9.78 Å². The number of fused-ring (bicyclic) bond motifs is 1. The number of rotatable bonds is 1. The highest BCUT2D eigenvalue weighted by Gasteiger charge is 2.26. The molecule has 0 radical (unpaired) electrons. The van der Waals surface area contributed by atoms with Gasteiger partial charge in [-0.05, 0) is 32.1 Å². The molecule has 0 aromatic carbocycles. The highest BCUT2D eigenvalue weighted by molar-refractivity contribution is 5.38.